The summed E-state index contributed by atoms with van der Waals surface area (Å²) in [6.45, 7) is -0.291. The van der Waals surface area contributed by atoms with E-state index in [-0.39, 0.29) is 25.1 Å². The Morgan fingerprint density at radius 1 is 1.57 bits per heavy atom. The van der Waals surface area contributed by atoms with Crippen molar-refractivity contribution in [1.82, 2.24) is 5.32 Å². The van der Waals surface area contributed by atoms with Crippen LogP contribution in [0.5, 0.6) is 0 Å². The second-order valence-corrected chi connectivity index (χ2v) is 4.36. The lowest BCUT2D eigenvalue weighted by molar-refractivity contribution is 0.151. The van der Waals surface area contributed by atoms with Crippen LogP contribution in [0.25, 0.3) is 0 Å². The van der Waals surface area contributed by atoms with Crippen LogP contribution in [0.4, 0.5) is 19.7 Å². The number of carbonyl (C=O) groups is 2. The quantitative estimate of drug-likeness (QED) is 0.678. The van der Waals surface area contributed by atoms with Crippen LogP contribution in [0.15, 0.2) is 30.1 Å². The molecule has 0 aromatic heterocycles. The van der Waals surface area contributed by atoms with Crippen molar-refractivity contribution in [3.8, 4) is 0 Å². The van der Waals surface area contributed by atoms with E-state index in [1.807, 2.05) is 5.32 Å². The Bertz CT molecular complexity index is 602. The summed E-state index contributed by atoms with van der Waals surface area (Å²) in [5, 5.41) is 23.0. The van der Waals surface area contributed by atoms with Gasteiger partial charge >= 0.3 is 12.2 Å². The molecule has 1 aromatic carbocycles. The van der Waals surface area contributed by atoms with E-state index in [2.05, 4.69) is 5.32 Å². The number of aliphatic hydroxyl groups is 1. The summed E-state index contributed by atoms with van der Waals surface area (Å²) in [4.78, 5) is 21.4. The minimum absolute atomic E-state index is 0.0454. The number of benzene rings is 1. The third-order valence-corrected chi connectivity index (χ3v) is 2.98. The lowest BCUT2D eigenvalue weighted by Crippen LogP contribution is -2.25. The Morgan fingerprint density at radius 3 is 3.00 bits per heavy atom. The molecule has 0 radical (unpaired) electrons. The largest absolute Gasteiger partial charge is 0.465 e. The number of amides is 2. The molecular weight excluding hydrogens is 283 g/mol. The van der Waals surface area contributed by atoms with E-state index in [9.17, 15) is 19.1 Å². The van der Waals surface area contributed by atoms with E-state index in [4.69, 9.17) is 9.84 Å². The number of ether oxygens (including phenoxy) is 1. The van der Waals surface area contributed by atoms with Gasteiger partial charge in [-0.1, -0.05) is 6.07 Å². The summed E-state index contributed by atoms with van der Waals surface area (Å²) in [6, 6.07) is 4.64. The fourth-order valence-electron chi connectivity index (χ4n) is 1.90. The lowest BCUT2D eigenvalue weighted by Gasteiger charge is -2.20. The van der Waals surface area contributed by atoms with E-state index in [0.717, 1.165) is 0 Å². The standard InChI is InChI=1S/C13H13FN2O5/c14-4-9(5-15-12(18)19)11(17)7-1-2-10-8(3-7)6-21-13(20)16-10/h1-4,11,15,17H,5-6H2,(H,16,20)(H,18,19)/b9-4+. The average Bonchev–Trinajstić information content (AvgIpc) is 2.46. The van der Waals surface area contributed by atoms with E-state index in [0.29, 0.717) is 16.8 Å². The van der Waals surface area contributed by atoms with Crippen molar-refractivity contribution in [2.45, 2.75) is 12.7 Å². The normalized spacial score (nSPS) is 15.5. The van der Waals surface area contributed by atoms with Crippen LogP contribution in [0.2, 0.25) is 0 Å². The zero-order valence-corrected chi connectivity index (χ0v) is 10.8. The van der Waals surface area contributed by atoms with Crippen LogP contribution in [0.1, 0.15) is 17.2 Å². The van der Waals surface area contributed by atoms with Crippen LogP contribution in [-0.4, -0.2) is 28.9 Å². The van der Waals surface area contributed by atoms with Gasteiger partial charge in [-0.05, 0) is 17.7 Å². The maximum absolute atomic E-state index is 12.8. The van der Waals surface area contributed by atoms with Crippen molar-refractivity contribution in [1.29, 1.82) is 0 Å². The number of fused-ring (bicyclic) bond motifs is 1. The molecule has 0 spiro atoms. The number of rotatable bonds is 4. The summed E-state index contributed by atoms with van der Waals surface area (Å²) >= 11 is 0. The molecule has 4 N–H and O–H groups in total. The molecule has 1 aromatic rings. The Balaban J connectivity index is 2.17. The minimum atomic E-state index is -1.32. The monoisotopic (exact) mass is 296 g/mol. The van der Waals surface area contributed by atoms with Gasteiger partial charge in [0.1, 0.15) is 12.7 Å². The van der Waals surface area contributed by atoms with Crippen LogP contribution in [0, 0.1) is 0 Å². The number of aliphatic hydroxyl groups excluding tert-OH is 1. The Hall–Kier alpha value is -2.61. The highest BCUT2D eigenvalue weighted by molar-refractivity contribution is 5.87. The van der Waals surface area contributed by atoms with Gasteiger partial charge in [-0.3, -0.25) is 5.32 Å². The number of hydrogen-bond acceptors (Lipinski definition) is 4. The lowest BCUT2D eigenvalue weighted by atomic mass is 9.99. The molecule has 21 heavy (non-hydrogen) atoms. The van der Waals surface area contributed by atoms with Crippen molar-refractivity contribution >= 4 is 17.9 Å². The van der Waals surface area contributed by atoms with Crippen molar-refractivity contribution in [2.24, 2.45) is 0 Å². The zero-order valence-electron chi connectivity index (χ0n) is 10.8. The Morgan fingerprint density at radius 2 is 2.33 bits per heavy atom. The molecule has 7 nitrogen and oxygen atoms in total. The van der Waals surface area contributed by atoms with Crippen LogP contribution >= 0.6 is 0 Å². The van der Waals surface area contributed by atoms with Gasteiger partial charge in [0.2, 0.25) is 0 Å². The van der Waals surface area contributed by atoms with Crippen molar-refractivity contribution in [2.75, 3.05) is 11.9 Å². The molecule has 0 fully saturated rings. The summed E-state index contributed by atoms with van der Waals surface area (Å²) in [7, 11) is 0. The van der Waals surface area contributed by atoms with Gasteiger partial charge in [-0.15, -0.1) is 0 Å². The SMILES string of the molecule is O=C(O)NC/C(=C\F)C(O)c1ccc2c(c1)COC(=O)N2. The van der Waals surface area contributed by atoms with E-state index < -0.39 is 18.3 Å². The molecular formula is C13H13FN2O5. The first-order valence-electron chi connectivity index (χ1n) is 6.02. The predicted octanol–water partition coefficient (Wildman–Crippen LogP) is 1.90. The molecule has 1 unspecified atom stereocenters. The van der Waals surface area contributed by atoms with Gasteiger partial charge in [0.05, 0.1) is 12.0 Å². The summed E-state index contributed by atoms with van der Waals surface area (Å²) in [5.74, 6) is 0. The number of halogens is 1. The molecule has 1 aliphatic rings. The number of carboxylic acid groups (broad SMARTS) is 1. The van der Waals surface area contributed by atoms with Crippen LogP contribution in [0.3, 0.4) is 0 Å². The van der Waals surface area contributed by atoms with Gasteiger partial charge in [-0.25, -0.2) is 14.0 Å². The van der Waals surface area contributed by atoms with E-state index in [1.54, 1.807) is 12.1 Å². The summed E-state index contributed by atoms with van der Waals surface area (Å²) < 4.78 is 17.6. The average molecular weight is 296 g/mol. The molecule has 2 rings (SSSR count). The molecule has 0 saturated heterocycles. The molecule has 2 amide bonds. The van der Waals surface area contributed by atoms with Crippen LogP contribution in [-0.2, 0) is 11.3 Å². The van der Waals surface area contributed by atoms with Crippen molar-refractivity contribution < 1.29 is 28.9 Å². The van der Waals surface area contributed by atoms with E-state index >= 15 is 0 Å². The van der Waals surface area contributed by atoms with Gasteiger partial charge in [0.15, 0.2) is 0 Å². The topological polar surface area (TPSA) is 108 Å². The zero-order chi connectivity index (χ0) is 15.4. The second-order valence-electron chi connectivity index (χ2n) is 4.36. The second kappa shape index (κ2) is 6.23. The molecule has 1 heterocycles. The number of hydrogen-bond donors (Lipinski definition) is 4. The number of nitrogens with one attached hydrogen (secondary N) is 2. The smallest absolute Gasteiger partial charge is 0.411 e. The van der Waals surface area contributed by atoms with Gasteiger partial charge < -0.3 is 20.3 Å². The number of carbonyl (C=O) groups excluding carboxylic acids is 1. The van der Waals surface area contributed by atoms with Gasteiger partial charge in [0.25, 0.3) is 0 Å². The summed E-state index contributed by atoms with van der Waals surface area (Å²) in [5.41, 5.74) is 1.43. The summed E-state index contributed by atoms with van der Waals surface area (Å²) in [6.07, 6.45) is -3.02. The third-order valence-electron chi connectivity index (χ3n) is 2.98. The fourth-order valence-corrected chi connectivity index (χ4v) is 1.90. The molecule has 0 saturated carbocycles. The third kappa shape index (κ3) is 3.48. The fraction of sp³-hybridized carbons (Fsp3) is 0.231. The number of anilines is 1. The van der Waals surface area contributed by atoms with Gasteiger partial charge in [0, 0.05) is 17.7 Å². The van der Waals surface area contributed by atoms with Crippen molar-refractivity contribution in [3.05, 3.63) is 41.2 Å². The first kappa shape index (κ1) is 14.8. The molecule has 0 aliphatic carbocycles. The van der Waals surface area contributed by atoms with Gasteiger partial charge in [-0.2, -0.15) is 0 Å². The molecule has 8 heteroatoms. The molecule has 0 bridgehead atoms. The molecule has 112 valence electrons. The molecule has 1 aliphatic heterocycles. The highest BCUT2D eigenvalue weighted by Gasteiger charge is 2.20. The maximum atomic E-state index is 12.8. The first-order chi connectivity index (χ1) is 10.0. The van der Waals surface area contributed by atoms with E-state index in [1.165, 1.54) is 6.07 Å². The minimum Gasteiger partial charge on any atom is -0.465 e. The highest BCUT2D eigenvalue weighted by atomic mass is 19.1. The highest BCUT2D eigenvalue weighted by Crippen LogP contribution is 2.28. The number of cyclic esters (lactones) is 1. The Labute approximate surface area is 119 Å². The van der Waals surface area contributed by atoms with Crippen molar-refractivity contribution in [3.63, 3.8) is 0 Å². The van der Waals surface area contributed by atoms with Crippen LogP contribution < -0.4 is 10.6 Å². The predicted molar refractivity (Wildman–Crippen MR) is 70.4 cm³/mol. The Kier molecular flexibility index (Phi) is 4.39. The molecule has 1 atom stereocenters. The maximum Gasteiger partial charge on any atom is 0.411 e. The first-order valence-corrected chi connectivity index (χ1v) is 6.02.